The van der Waals surface area contributed by atoms with E-state index in [9.17, 15) is 9.18 Å². The number of benzene rings is 3. The molecule has 4 aromatic rings. The third-order valence-electron chi connectivity index (χ3n) is 5.31. The lowest BCUT2D eigenvalue weighted by Gasteiger charge is -2.22. The normalized spacial score (nSPS) is 12.7. The number of tetrazole rings is 1. The maximum absolute atomic E-state index is 13.4. The van der Waals surface area contributed by atoms with Gasteiger partial charge in [0.25, 0.3) is 0 Å². The van der Waals surface area contributed by atoms with Crippen molar-refractivity contribution in [1.29, 1.82) is 0 Å². The lowest BCUT2D eigenvalue weighted by molar-refractivity contribution is -0.125. The number of rotatable bonds is 8. The van der Waals surface area contributed by atoms with E-state index in [4.69, 9.17) is 4.74 Å². The summed E-state index contributed by atoms with van der Waals surface area (Å²) in [6.45, 7) is 3.63. The van der Waals surface area contributed by atoms with Gasteiger partial charge in [0.05, 0.1) is 6.04 Å². The molecule has 0 aliphatic heterocycles. The highest BCUT2D eigenvalue weighted by Gasteiger charge is 2.26. The summed E-state index contributed by atoms with van der Waals surface area (Å²) < 4.78 is 20.9. The van der Waals surface area contributed by atoms with Crippen molar-refractivity contribution in [1.82, 2.24) is 25.5 Å². The maximum Gasteiger partial charge on any atom is 0.245 e. The van der Waals surface area contributed by atoms with Gasteiger partial charge in [0.2, 0.25) is 5.91 Å². The van der Waals surface area contributed by atoms with Gasteiger partial charge in [0.1, 0.15) is 29.2 Å². The molecule has 33 heavy (non-hydrogen) atoms. The van der Waals surface area contributed by atoms with Gasteiger partial charge in [-0.1, -0.05) is 48.5 Å². The number of aromatic nitrogens is 4. The third-order valence-corrected chi connectivity index (χ3v) is 5.31. The number of para-hydroxylation sites is 2. The monoisotopic (exact) mass is 445 g/mol. The largest absolute Gasteiger partial charge is 0.457 e. The van der Waals surface area contributed by atoms with Gasteiger partial charge in [-0.15, -0.1) is 5.10 Å². The van der Waals surface area contributed by atoms with E-state index in [0.717, 1.165) is 11.1 Å². The second-order valence-corrected chi connectivity index (χ2v) is 7.70. The molecular weight excluding hydrogens is 421 g/mol. The van der Waals surface area contributed by atoms with E-state index in [0.29, 0.717) is 23.7 Å². The van der Waals surface area contributed by atoms with Crippen molar-refractivity contribution in [3.63, 3.8) is 0 Å². The number of ether oxygens (including phenoxy) is 1. The van der Waals surface area contributed by atoms with Crippen molar-refractivity contribution in [2.45, 2.75) is 32.4 Å². The Morgan fingerprint density at radius 3 is 2.42 bits per heavy atom. The van der Waals surface area contributed by atoms with Crippen LogP contribution in [0.1, 0.15) is 36.0 Å². The van der Waals surface area contributed by atoms with Crippen LogP contribution in [0, 0.1) is 12.7 Å². The molecule has 0 bridgehead atoms. The molecule has 2 atom stereocenters. The van der Waals surface area contributed by atoms with Crippen LogP contribution >= 0.6 is 0 Å². The number of nitrogens with zero attached hydrogens (tertiary/aromatic N) is 4. The van der Waals surface area contributed by atoms with Crippen molar-refractivity contribution in [2.24, 2.45) is 0 Å². The summed E-state index contributed by atoms with van der Waals surface area (Å²) in [6.07, 6.45) is 0.312. The molecule has 168 valence electrons. The molecule has 3 aromatic carbocycles. The summed E-state index contributed by atoms with van der Waals surface area (Å²) in [6, 6.07) is 22.1. The zero-order valence-electron chi connectivity index (χ0n) is 18.4. The number of carbonyl (C=O) groups excluding carboxylic acids is 1. The van der Waals surface area contributed by atoms with Crippen LogP contribution in [-0.2, 0) is 11.2 Å². The first-order chi connectivity index (χ1) is 16.0. The van der Waals surface area contributed by atoms with Crippen LogP contribution in [0.15, 0.2) is 78.9 Å². The summed E-state index contributed by atoms with van der Waals surface area (Å²) in [5.41, 5.74) is 1.63. The fourth-order valence-corrected chi connectivity index (χ4v) is 3.59. The van der Waals surface area contributed by atoms with E-state index < -0.39 is 6.04 Å². The van der Waals surface area contributed by atoms with Gasteiger partial charge < -0.3 is 10.1 Å². The molecule has 0 saturated carbocycles. The predicted octanol–water partition coefficient (Wildman–Crippen LogP) is 4.57. The number of nitrogens with one attached hydrogen (secondary N) is 1. The second kappa shape index (κ2) is 10.0. The number of halogens is 1. The highest BCUT2D eigenvalue weighted by atomic mass is 19.1. The van der Waals surface area contributed by atoms with E-state index in [1.807, 2.05) is 61.5 Å². The van der Waals surface area contributed by atoms with E-state index in [1.165, 1.54) is 16.8 Å². The Morgan fingerprint density at radius 1 is 1.03 bits per heavy atom. The standard InChI is InChI=1S/C25H24FN5O2/c1-17(22-10-6-7-11-24(22)33-21-8-4-3-5-9-21)27-25(32)23(31-18(2)28-29-30-31)16-19-12-14-20(26)15-13-19/h3-15,17,23H,16H2,1-2H3,(H,27,32). The summed E-state index contributed by atoms with van der Waals surface area (Å²) in [4.78, 5) is 13.4. The molecule has 4 rings (SSSR count). The molecule has 8 heteroatoms. The van der Waals surface area contributed by atoms with Gasteiger partial charge in [-0.3, -0.25) is 4.79 Å². The van der Waals surface area contributed by atoms with Gasteiger partial charge >= 0.3 is 0 Å². The van der Waals surface area contributed by atoms with Crippen LogP contribution < -0.4 is 10.1 Å². The maximum atomic E-state index is 13.4. The number of aryl methyl sites for hydroxylation is 1. The highest BCUT2D eigenvalue weighted by Crippen LogP contribution is 2.30. The van der Waals surface area contributed by atoms with E-state index in [-0.39, 0.29) is 17.8 Å². The smallest absolute Gasteiger partial charge is 0.245 e. The Hall–Kier alpha value is -4.07. The fourth-order valence-electron chi connectivity index (χ4n) is 3.59. The number of amides is 1. The zero-order valence-corrected chi connectivity index (χ0v) is 18.4. The molecule has 2 unspecified atom stereocenters. The molecule has 1 N–H and O–H groups in total. The Labute approximate surface area is 191 Å². The first kappa shape index (κ1) is 22.1. The minimum absolute atomic E-state index is 0.253. The van der Waals surface area contributed by atoms with Crippen molar-refractivity contribution in [3.05, 3.63) is 102 Å². The third kappa shape index (κ3) is 5.41. The topological polar surface area (TPSA) is 81.9 Å². The number of hydrogen-bond donors (Lipinski definition) is 1. The average Bonchev–Trinajstić information content (AvgIpc) is 3.25. The van der Waals surface area contributed by atoms with Gasteiger partial charge in [-0.25, -0.2) is 9.07 Å². The summed E-state index contributed by atoms with van der Waals surface area (Å²) in [5, 5.41) is 14.7. The summed E-state index contributed by atoms with van der Waals surface area (Å²) in [5.74, 6) is 1.30. The molecule has 1 amide bonds. The van der Waals surface area contributed by atoms with Crippen LogP contribution in [0.3, 0.4) is 0 Å². The van der Waals surface area contributed by atoms with Gasteiger partial charge in [0, 0.05) is 12.0 Å². The molecule has 1 aromatic heterocycles. The van der Waals surface area contributed by atoms with Crippen LogP contribution in [0.5, 0.6) is 11.5 Å². The van der Waals surface area contributed by atoms with E-state index in [2.05, 4.69) is 20.8 Å². The number of carbonyl (C=O) groups is 1. The zero-order chi connectivity index (χ0) is 23.2. The molecular formula is C25H24FN5O2. The Balaban J connectivity index is 1.55. The van der Waals surface area contributed by atoms with Gasteiger partial charge in [-0.2, -0.15) is 0 Å². The molecule has 0 aliphatic carbocycles. The van der Waals surface area contributed by atoms with Gasteiger partial charge in [-0.05, 0) is 60.2 Å². The molecule has 7 nitrogen and oxygen atoms in total. The fraction of sp³-hybridized carbons (Fsp3) is 0.200. The van der Waals surface area contributed by atoms with Crippen molar-refractivity contribution in [2.75, 3.05) is 0 Å². The molecule has 0 saturated heterocycles. The van der Waals surface area contributed by atoms with E-state index >= 15 is 0 Å². The highest BCUT2D eigenvalue weighted by molar-refractivity contribution is 5.81. The molecule has 0 radical (unpaired) electrons. The lowest BCUT2D eigenvalue weighted by Crippen LogP contribution is -2.36. The van der Waals surface area contributed by atoms with Crippen LogP contribution in [0.2, 0.25) is 0 Å². The Bertz CT molecular complexity index is 1210. The summed E-state index contributed by atoms with van der Waals surface area (Å²) >= 11 is 0. The van der Waals surface area contributed by atoms with Crippen molar-refractivity contribution >= 4 is 5.91 Å². The quantitative estimate of drug-likeness (QED) is 0.430. The SMILES string of the molecule is Cc1nnnn1C(Cc1ccc(F)cc1)C(=O)NC(C)c1ccccc1Oc1ccccc1. The Morgan fingerprint density at radius 2 is 1.73 bits per heavy atom. The van der Waals surface area contributed by atoms with Gasteiger partial charge in [0.15, 0.2) is 0 Å². The lowest BCUT2D eigenvalue weighted by atomic mass is 10.0. The first-order valence-corrected chi connectivity index (χ1v) is 10.6. The Kier molecular flexibility index (Phi) is 6.73. The second-order valence-electron chi connectivity index (χ2n) is 7.70. The van der Waals surface area contributed by atoms with Crippen LogP contribution in [-0.4, -0.2) is 26.1 Å². The summed E-state index contributed by atoms with van der Waals surface area (Å²) in [7, 11) is 0. The minimum Gasteiger partial charge on any atom is -0.457 e. The van der Waals surface area contributed by atoms with Crippen molar-refractivity contribution < 1.29 is 13.9 Å². The first-order valence-electron chi connectivity index (χ1n) is 10.6. The van der Waals surface area contributed by atoms with E-state index in [1.54, 1.807) is 19.1 Å². The molecule has 0 fully saturated rings. The van der Waals surface area contributed by atoms with Crippen LogP contribution in [0.25, 0.3) is 0 Å². The minimum atomic E-state index is -0.699. The van der Waals surface area contributed by atoms with Crippen molar-refractivity contribution in [3.8, 4) is 11.5 Å². The molecule has 1 heterocycles. The molecule has 0 spiro atoms. The molecule has 0 aliphatic rings. The van der Waals surface area contributed by atoms with Crippen LogP contribution in [0.4, 0.5) is 4.39 Å². The number of hydrogen-bond acceptors (Lipinski definition) is 5. The average molecular weight is 445 g/mol. The predicted molar refractivity (Wildman–Crippen MR) is 121 cm³/mol.